The standard InChI is InChI=1S/C12H16BrClO2S/c1-2-17(15,16)8-7-11(9-14)10-3-5-12(13)6-4-10/h3-6,11H,2,7-9H2,1H3. The Hall–Kier alpha value is -0.0600. The molecule has 2 nitrogen and oxygen atoms in total. The molecular weight excluding hydrogens is 324 g/mol. The first-order valence-corrected chi connectivity index (χ1v) is 8.65. The van der Waals surface area contributed by atoms with Crippen molar-refractivity contribution >= 4 is 37.4 Å². The topological polar surface area (TPSA) is 34.1 Å². The van der Waals surface area contributed by atoms with Crippen LogP contribution in [0.5, 0.6) is 0 Å². The first-order chi connectivity index (χ1) is 7.98. The zero-order valence-electron chi connectivity index (χ0n) is 9.70. The number of hydrogen-bond acceptors (Lipinski definition) is 2. The van der Waals surface area contributed by atoms with Crippen molar-refractivity contribution in [3.05, 3.63) is 34.3 Å². The molecule has 0 spiro atoms. The van der Waals surface area contributed by atoms with Crippen LogP contribution in [0, 0.1) is 0 Å². The summed E-state index contributed by atoms with van der Waals surface area (Å²) >= 11 is 9.28. The van der Waals surface area contributed by atoms with Crippen molar-refractivity contribution in [2.24, 2.45) is 0 Å². The van der Waals surface area contributed by atoms with E-state index in [1.54, 1.807) is 6.92 Å². The minimum atomic E-state index is -2.91. The van der Waals surface area contributed by atoms with Crippen LogP contribution in [0.3, 0.4) is 0 Å². The number of alkyl halides is 1. The number of sulfone groups is 1. The molecule has 0 saturated carbocycles. The van der Waals surface area contributed by atoms with Crippen LogP contribution < -0.4 is 0 Å². The number of rotatable bonds is 6. The Labute approximate surface area is 116 Å². The minimum absolute atomic E-state index is 0.103. The molecule has 0 aliphatic carbocycles. The van der Waals surface area contributed by atoms with Gasteiger partial charge in [-0.2, -0.15) is 0 Å². The highest BCUT2D eigenvalue weighted by atomic mass is 79.9. The van der Waals surface area contributed by atoms with Crippen LogP contribution in [0.25, 0.3) is 0 Å². The molecule has 1 aromatic rings. The maximum atomic E-state index is 11.5. The van der Waals surface area contributed by atoms with Crippen LogP contribution >= 0.6 is 27.5 Å². The summed E-state index contributed by atoms with van der Waals surface area (Å²) in [6.07, 6.45) is 0.585. The summed E-state index contributed by atoms with van der Waals surface area (Å²) in [5.41, 5.74) is 1.09. The van der Waals surface area contributed by atoms with Crippen molar-refractivity contribution in [2.75, 3.05) is 17.4 Å². The molecule has 0 amide bonds. The lowest BCUT2D eigenvalue weighted by Gasteiger charge is -2.14. The smallest absolute Gasteiger partial charge is 0.150 e. The molecule has 0 aromatic heterocycles. The van der Waals surface area contributed by atoms with Crippen molar-refractivity contribution < 1.29 is 8.42 Å². The van der Waals surface area contributed by atoms with Crippen molar-refractivity contribution in [1.29, 1.82) is 0 Å². The SMILES string of the molecule is CCS(=O)(=O)CCC(CCl)c1ccc(Br)cc1. The summed E-state index contributed by atoms with van der Waals surface area (Å²) in [5.74, 6) is 0.950. The maximum absolute atomic E-state index is 11.5. The van der Waals surface area contributed by atoms with Crippen LogP contribution in [0.15, 0.2) is 28.7 Å². The van der Waals surface area contributed by atoms with Gasteiger partial charge in [-0.1, -0.05) is 35.0 Å². The van der Waals surface area contributed by atoms with Gasteiger partial charge in [-0.15, -0.1) is 11.6 Å². The minimum Gasteiger partial charge on any atom is -0.229 e. The summed E-state index contributed by atoms with van der Waals surface area (Å²) in [6, 6.07) is 7.86. The number of benzene rings is 1. The second kappa shape index (κ2) is 6.76. The highest BCUT2D eigenvalue weighted by Crippen LogP contribution is 2.23. The van der Waals surface area contributed by atoms with E-state index < -0.39 is 9.84 Å². The monoisotopic (exact) mass is 338 g/mol. The van der Waals surface area contributed by atoms with Crippen LogP contribution in [0.1, 0.15) is 24.8 Å². The molecule has 0 radical (unpaired) electrons. The Kier molecular flexibility index (Phi) is 5.97. The molecule has 0 heterocycles. The second-order valence-electron chi connectivity index (χ2n) is 3.93. The predicted octanol–water partition coefficient (Wildman–Crippen LogP) is 3.60. The molecule has 1 aromatic carbocycles. The van der Waals surface area contributed by atoms with Gasteiger partial charge in [0.1, 0.15) is 9.84 Å². The molecule has 0 fully saturated rings. The number of halogens is 2. The van der Waals surface area contributed by atoms with Gasteiger partial charge >= 0.3 is 0 Å². The lowest BCUT2D eigenvalue weighted by molar-refractivity contribution is 0.590. The molecule has 5 heteroatoms. The van der Waals surface area contributed by atoms with E-state index in [4.69, 9.17) is 11.6 Å². The van der Waals surface area contributed by atoms with E-state index in [0.29, 0.717) is 12.3 Å². The molecule has 0 aliphatic rings. The second-order valence-corrected chi connectivity index (χ2v) is 7.62. The Balaban J connectivity index is 2.69. The van der Waals surface area contributed by atoms with Crippen molar-refractivity contribution in [3.8, 4) is 0 Å². The third-order valence-electron chi connectivity index (χ3n) is 2.74. The van der Waals surface area contributed by atoms with E-state index in [9.17, 15) is 8.42 Å². The molecule has 0 N–H and O–H groups in total. The molecule has 1 unspecified atom stereocenters. The van der Waals surface area contributed by atoms with Crippen molar-refractivity contribution in [1.82, 2.24) is 0 Å². The van der Waals surface area contributed by atoms with Gasteiger partial charge in [-0.25, -0.2) is 8.42 Å². The average Bonchev–Trinajstić information content (AvgIpc) is 2.32. The Morgan fingerprint density at radius 3 is 2.35 bits per heavy atom. The van der Waals surface area contributed by atoms with Gasteiger partial charge in [-0.05, 0) is 30.0 Å². The van der Waals surface area contributed by atoms with Gasteiger partial charge in [-0.3, -0.25) is 0 Å². The predicted molar refractivity (Wildman–Crippen MR) is 76.5 cm³/mol. The fourth-order valence-electron chi connectivity index (χ4n) is 1.53. The first kappa shape index (κ1) is 15.0. The summed E-state index contributed by atoms with van der Waals surface area (Å²) < 4.78 is 23.9. The molecule has 0 bridgehead atoms. The molecule has 17 heavy (non-hydrogen) atoms. The van der Waals surface area contributed by atoms with Crippen LogP contribution in [-0.2, 0) is 9.84 Å². The quantitative estimate of drug-likeness (QED) is 0.742. The van der Waals surface area contributed by atoms with Crippen LogP contribution in [0.4, 0.5) is 0 Å². The summed E-state index contributed by atoms with van der Waals surface area (Å²) in [5, 5.41) is 0. The third kappa shape index (κ3) is 4.98. The summed E-state index contributed by atoms with van der Waals surface area (Å²) in [6.45, 7) is 1.67. The molecule has 1 rings (SSSR count). The van der Waals surface area contributed by atoms with E-state index in [0.717, 1.165) is 10.0 Å². The molecule has 0 aliphatic heterocycles. The largest absolute Gasteiger partial charge is 0.229 e. The Bertz CT molecular complexity index is 442. The van der Waals surface area contributed by atoms with E-state index >= 15 is 0 Å². The van der Waals surface area contributed by atoms with Gasteiger partial charge < -0.3 is 0 Å². The molecule has 0 saturated heterocycles. The van der Waals surface area contributed by atoms with E-state index in [1.165, 1.54) is 0 Å². The molecule has 1 atom stereocenters. The lowest BCUT2D eigenvalue weighted by atomic mass is 9.99. The van der Waals surface area contributed by atoms with Gasteiger partial charge in [0.15, 0.2) is 0 Å². The maximum Gasteiger partial charge on any atom is 0.150 e. The zero-order valence-corrected chi connectivity index (χ0v) is 12.9. The fourth-order valence-corrected chi connectivity index (χ4v) is 3.06. The summed E-state index contributed by atoms with van der Waals surface area (Å²) in [7, 11) is -2.91. The lowest BCUT2D eigenvalue weighted by Crippen LogP contribution is -2.13. The van der Waals surface area contributed by atoms with Gasteiger partial charge in [0.25, 0.3) is 0 Å². The van der Waals surface area contributed by atoms with E-state index in [1.807, 2.05) is 24.3 Å². The van der Waals surface area contributed by atoms with Gasteiger partial charge in [0, 0.05) is 16.1 Å². The highest BCUT2D eigenvalue weighted by molar-refractivity contribution is 9.10. The van der Waals surface area contributed by atoms with Crippen LogP contribution in [0.2, 0.25) is 0 Å². The fraction of sp³-hybridized carbons (Fsp3) is 0.500. The zero-order chi connectivity index (χ0) is 12.9. The first-order valence-electron chi connectivity index (χ1n) is 5.50. The van der Waals surface area contributed by atoms with E-state index in [2.05, 4.69) is 15.9 Å². The van der Waals surface area contributed by atoms with Gasteiger partial charge in [0.05, 0.1) is 5.75 Å². The average molecular weight is 340 g/mol. The number of hydrogen-bond donors (Lipinski definition) is 0. The van der Waals surface area contributed by atoms with Crippen LogP contribution in [-0.4, -0.2) is 25.8 Å². The highest BCUT2D eigenvalue weighted by Gasteiger charge is 2.15. The molecular formula is C12H16BrClO2S. The Morgan fingerprint density at radius 1 is 1.29 bits per heavy atom. The van der Waals surface area contributed by atoms with Gasteiger partial charge in [0.2, 0.25) is 0 Å². The van der Waals surface area contributed by atoms with Crippen molar-refractivity contribution in [2.45, 2.75) is 19.3 Å². The third-order valence-corrected chi connectivity index (χ3v) is 5.38. The Morgan fingerprint density at radius 2 is 1.88 bits per heavy atom. The summed E-state index contributed by atoms with van der Waals surface area (Å²) in [4.78, 5) is 0. The van der Waals surface area contributed by atoms with E-state index in [-0.39, 0.29) is 17.4 Å². The molecule has 96 valence electrons. The van der Waals surface area contributed by atoms with Crippen molar-refractivity contribution in [3.63, 3.8) is 0 Å². The normalized spacial score (nSPS) is 13.6.